The van der Waals surface area contributed by atoms with Crippen molar-refractivity contribution in [3.05, 3.63) is 30.0 Å². The number of ether oxygens (including phenoxy) is 1. The highest BCUT2D eigenvalue weighted by molar-refractivity contribution is 5.45. The van der Waals surface area contributed by atoms with Crippen LogP contribution in [0.2, 0.25) is 0 Å². The van der Waals surface area contributed by atoms with Crippen LogP contribution in [0.4, 0.5) is 5.82 Å². The Hall–Kier alpha value is -2.02. The molecule has 7 nitrogen and oxygen atoms in total. The first-order chi connectivity index (χ1) is 9.29. The fourth-order valence-electron chi connectivity index (χ4n) is 2.57. The summed E-state index contributed by atoms with van der Waals surface area (Å²) in [6.45, 7) is 3.56. The molecule has 0 aromatic carbocycles. The van der Waals surface area contributed by atoms with Crippen molar-refractivity contribution in [1.29, 1.82) is 0 Å². The zero-order valence-electron chi connectivity index (χ0n) is 10.9. The molecule has 1 aliphatic rings. The van der Waals surface area contributed by atoms with Gasteiger partial charge < -0.3 is 9.64 Å². The van der Waals surface area contributed by atoms with E-state index in [1.165, 1.54) is 0 Å². The molecule has 0 radical (unpaired) electrons. The van der Waals surface area contributed by atoms with Gasteiger partial charge in [0.15, 0.2) is 0 Å². The number of anilines is 1. The van der Waals surface area contributed by atoms with Crippen LogP contribution in [-0.4, -0.2) is 51.7 Å². The number of methoxy groups -OCH3 is 1. The van der Waals surface area contributed by atoms with E-state index in [1.54, 1.807) is 25.7 Å². The van der Waals surface area contributed by atoms with Gasteiger partial charge in [-0.3, -0.25) is 4.98 Å². The van der Waals surface area contributed by atoms with Crippen molar-refractivity contribution in [1.82, 2.24) is 25.4 Å². The normalized spacial score (nSPS) is 22.9. The molecular weight excluding hydrogens is 244 g/mol. The number of rotatable bonds is 3. The highest BCUT2D eigenvalue weighted by atomic mass is 16.5. The first kappa shape index (κ1) is 12.0. The van der Waals surface area contributed by atoms with E-state index in [4.69, 9.17) is 4.74 Å². The van der Waals surface area contributed by atoms with E-state index in [2.05, 4.69) is 30.3 Å². The highest BCUT2D eigenvalue weighted by Gasteiger charge is 2.36. The lowest BCUT2D eigenvalue weighted by molar-refractivity contribution is 0.105. The Morgan fingerprint density at radius 3 is 2.84 bits per heavy atom. The van der Waals surface area contributed by atoms with Gasteiger partial charge in [-0.1, -0.05) is 0 Å². The number of H-pyrrole nitrogens is 1. The minimum atomic E-state index is 0.0894. The summed E-state index contributed by atoms with van der Waals surface area (Å²) >= 11 is 0. The van der Waals surface area contributed by atoms with Crippen molar-refractivity contribution in [3.8, 4) is 0 Å². The fraction of sp³-hybridized carbons (Fsp3) is 0.500. The molecule has 19 heavy (non-hydrogen) atoms. The molecular formula is C12H16N6O. The molecule has 3 rings (SSSR count). The number of nitrogens with one attached hydrogen (secondary N) is 1. The number of hydrogen-bond acceptors (Lipinski definition) is 6. The van der Waals surface area contributed by atoms with Gasteiger partial charge >= 0.3 is 0 Å². The van der Waals surface area contributed by atoms with E-state index in [0.29, 0.717) is 0 Å². The van der Waals surface area contributed by atoms with Gasteiger partial charge in [0.1, 0.15) is 5.82 Å². The average molecular weight is 260 g/mol. The average Bonchev–Trinajstić information content (AvgIpc) is 3.08. The molecule has 100 valence electrons. The summed E-state index contributed by atoms with van der Waals surface area (Å²) in [5.74, 6) is 1.11. The van der Waals surface area contributed by atoms with Gasteiger partial charge in [-0.25, -0.2) is 4.98 Å². The van der Waals surface area contributed by atoms with Crippen molar-refractivity contribution in [2.45, 2.75) is 18.9 Å². The molecule has 0 bridgehead atoms. The Bertz CT molecular complexity index is 543. The van der Waals surface area contributed by atoms with Crippen LogP contribution in [0.25, 0.3) is 0 Å². The van der Waals surface area contributed by atoms with E-state index < -0.39 is 0 Å². The summed E-state index contributed by atoms with van der Waals surface area (Å²) in [7, 11) is 1.73. The lowest BCUT2D eigenvalue weighted by Gasteiger charge is -2.18. The molecule has 0 amide bonds. The van der Waals surface area contributed by atoms with Gasteiger partial charge in [-0.2, -0.15) is 15.4 Å². The molecule has 1 fully saturated rings. The zero-order chi connectivity index (χ0) is 13.2. The smallest absolute Gasteiger partial charge is 0.150 e. The molecule has 0 aliphatic carbocycles. The lowest BCUT2D eigenvalue weighted by Crippen LogP contribution is -2.24. The van der Waals surface area contributed by atoms with Crippen LogP contribution in [0.1, 0.15) is 17.3 Å². The maximum atomic E-state index is 5.57. The minimum absolute atomic E-state index is 0.0894. The molecule has 2 aromatic rings. The van der Waals surface area contributed by atoms with E-state index >= 15 is 0 Å². The molecule has 2 atom stereocenters. The third-order valence-electron chi connectivity index (χ3n) is 3.54. The van der Waals surface area contributed by atoms with Crippen LogP contribution < -0.4 is 4.90 Å². The van der Waals surface area contributed by atoms with Crippen molar-refractivity contribution >= 4 is 5.82 Å². The van der Waals surface area contributed by atoms with Crippen LogP contribution in [0.3, 0.4) is 0 Å². The van der Waals surface area contributed by atoms with E-state index in [9.17, 15) is 0 Å². The second kappa shape index (κ2) is 4.93. The van der Waals surface area contributed by atoms with Crippen molar-refractivity contribution in [2.75, 3.05) is 25.1 Å². The van der Waals surface area contributed by atoms with Crippen molar-refractivity contribution in [2.24, 2.45) is 0 Å². The largest absolute Gasteiger partial charge is 0.379 e. The lowest BCUT2D eigenvalue weighted by atomic mass is 10.0. The van der Waals surface area contributed by atoms with Crippen molar-refractivity contribution in [3.63, 3.8) is 0 Å². The second-order valence-electron chi connectivity index (χ2n) is 4.65. The topological polar surface area (TPSA) is 79.8 Å². The summed E-state index contributed by atoms with van der Waals surface area (Å²) in [5.41, 5.74) is 1.86. The van der Waals surface area contributed by atoms with Crippen LogP contribution in [0.15, 0.2) is 18.6 Å². The van der Waals surface area contributed by atoms with E-state index in [1.807, 2.05) is 6.92 Å². The summed E-state index contributed by atoms with van der Waals surface area (Å²) in [6.07, 6.45) is 5.27. The minimum Gasteiger partial charge on any atom is -0.379 e. The first-order valence-electron chi connectivity index (χ1n) is 6.20. The van der Waals surface area contributed by atoms with Gasteiger partial charge in [0.05, 0.1) is 29.6 Å². The second-order valence-corrected chi connectivity index (χ2v) is 4.65. The standard InChI is InChI=1S/C12H16N6O/c1-8-12(14-4-3-13-8)18-6-9(11(7-18)19-2)10-5-15-17-16-10/h3-5,9,11H,6-7H2,1-2H3,(H,15,16,17)/t9-,11+/m0/s1. The maximum Gasteiger partial charge on any atom is 0.150 e. The predicted molar refractivity (Wildman–Crippen MR) is 68.9 cm³/mol. The Labute approximate surface area is 111 Å². The predicted octanol–water partition coefficient (Wildman–Crippen LogP) is 0.522. The molecule has 2 aromatic heterocycles. The molecule has 1 aliphatic heterocycles. The van der Waals surface area contributed by atoms with Crippen LogP contribution in [-0.2, 0) is 4.74 Å². The van der Waals surface area contributed by atoms with Crippen molar-refractivity contribution < 1.29 is 4.74 Å². The molecule has 0 unspecified atom stereocenters. The van der Waals surface area contributed by atoms with Gasteiger partial charge in [0.2, 0.25) is 0 Å². The highest BCUT2D eigenvalue weighted by Crippen LogP contribution is 2.31. The molecule has 7 heteroatoms. The number of aryl methyl sites for hydroxylation is 1. The van der Waals surface area contributed by atoms with Gasteiger partial charge in [0.25, 0.3) is 0 Å². The SMILES string of the molecule is CO[C@@H]1CN(c2nccnc2C)C[C@H]1c1cn[nH]n1. The fourth-order valence-corrected chi connectivity index (χ4v) is 2.57. The monoisotopic (exact) mass is 260 g/mol. The Balaban J connectivity index is 1.86. The summed E-state index contributed by atoms with van der Waals surface area (Å²) in [5, 5.41) is 10.7. The molecule has 0 saturated carbocycles. The molecule has 1 N–H and O–H groups in total. The van der Waals surface area contributed by atoms with Gasteiger partial charge in [-0.15, -0.1) is 0 Å². The number of aromatic nitrogens is 5. The van der Waals surface area contributed by atoms with E-state index in [-0.39, 0.29) is 12.0 Å². The molecule has 0 spiro atoms. The van der Waals surface area contributed by atoms with Crippen LogP contribution in [0.5, 0.6) is 0 Å². The van der Waals surface area contributed by atoms with Gasteiger partial charge in [-0.05, 0) is 6.92 Å². The third-order valence-corrected chi connectivity index (χ3v) is 3.54. The van der Waals surface area contributed by atoms with E-state index in [0.717, 1.165) is 30.3 Å². The molecule has 3 heterocycles. The number of nitrogens with zero attached hydrogens (tertiary/aromatic N) is 5. The Morgan fingerprint density at radius 2 is 2.16 bits per heavy atom. The Kier molecular flexibility index (Phi) is 3.12. The summed E-state index contributed by atoms with van der Waals surface area (Å²) in [6, 6.07) is 0. The quantitative estimate of drug-likeness (QED) is 0.866. The number of aromatic amines is 1. The van der Waals surface area contributed by atoms with Crippen LogP contribution in [0, 0.1) is 6.92 Å². The zero-order valence-corrected chi connectivity index (χ0v) is 10.9. The summed E-state index contributed by atoms with van der Waals surface area (Å²) < 4.78 is 5.57. The maximum absolute atomic E-state index is 5.57. The third kappa shape index (κ3) is 2.17. The summed E-state index contributed by atoms with van der Waals surface area (Å²) in [4.78, 5) is 10.9. The first-order valence-corrected chi connectivity index (χ1v) is 6.20. The Morgan fingerprint density at radius 1 is 1.32 bits per heavy atom. The number of hydrogen-bond donors (Lipinski definition) is 1. The van der Waals surface area contributed by atoms with Crippen LogP contribution >= 0.6 is 0 Å². The van der Waals surface area contributed by atoms with Gasteiger partial charge in [0, 0.05) is 32.6 Å². The molecule has 1 saturated heterocycles.